The first-order valence-electron chi connectivity index (χ1n) is 18.9. The number of halogens is 3. The smallest absolute Gasteiger partial charge is 0.319 e. The van der Waals surface area contributed by atoms with Gasteiger partial charge in [-0.05, 0) is 91.3 Å². The van der Waals surface area contributed by atoms with Crippen molar-refractivity contribution in [2.45, 2.75) is 102 Å². The number of benzene rings is 2. The molecule has 0 N–H and O–H groups in total. The number of aromatic nitrogens is 3. The summed E-state index contributed by atoms with van der Waals surface area (Å²) in [6.07, 6.45) is 5.07. The van der Waals surface area contributed by atoms with Crippen molar-refractivity contribution in [1.29, 1.82) is 0 Å². The molecule has 0 unspecified atom stereocenters. The van der Waals surface area contributed by atoms with E-state index in [1.807, 2.05) is 6.92 Å². The van der Waals surface area contributed by atoms with Crippen molar-refractivity contribution in [3.05, 3.63) is 47.7 Å². The molecule has 0 saturated carbocycles. The summed E-state index contributed by atoms with van der Waals surface area (Å²) < 4.78 is 71.3. The predicted molar refractivity (Wildman–Crippen MR) is 204 cm³/mol. The van der Waals surface area contributed by atoms with Crippen LogP contribution in [-0.4, -0.2) is 92.7 Å². The highest BCUT2D eigenvalue weighted by molar-refractivity contribution is 6.74. The van der Waals surface area contributed by atoms with Crippen LogP contribution in [0.5, 0.6) is 11.8 Å². The van der Waals surface area contributed by atoms with Gasteiger partial charge in [0.1, 0.15) is 41.4 Å². The van der Waals surface area contributed by atoms with Crippen molar-refractivity contribution in [1.82, 2.24) is 19.9 Å². The summed E-state index contributed by atoms with van der Waals surface area (Å²) in [5.41, 5.74) is 0.461. The summed E-state index contributed by atoms with van der Waals surface area (Å²) in [4.78, 5) is 18.7. The molecule has 53 heavy (non-hydrogen) atoms. The van der Waals surface area contributed by atoms with Crippen LogP contribution in [-0.2, 0) is 15.6 Å². The number of rotatable bonds is 12. The largest absolute Gasteiger partial charge is 0.468 e. The summed E-state index contributed by atoms with van der Waals surface area (Å²) >= 11 is 0. The second-order valence-corrected chi connectivity index (χ2v) is 21.2. The second kappa shape index (κ2) is 14.6. The molecule has 9 nitrogen and oxygen atoms in total. The van der Waals surface area contributed by atoms with Crippen molar-refractivity contribution in [2.75, 3.05) is 51.7 Å². The molecule has 4 aromatic rings. The number of methoxy groups -OCH3 is 1. The van der Waals surface area contributed by atoms with Gasteiger partial charge >= 0.3 is 6.01 Å². The Morgan fingerprint density at radius 1 is 1.06 bits per heavy atom. The number of pyridine rings is 1. The van der Waals surface area contributed by atoms with Gasteiger partial charge in [-0.2, -0.15) is 9.97 Å². The van der Waals surface area contributed by atoms with E-state index < -0.39 is 25.8 Å². The molecule has 2 aromatic heterocycles. The molecule has 3 fully saturated rings. The Labute approximate surface area is 311 Å². The Kier molecular flexibility index (Phi) is 10.4. The lowest BCUT2D eigenvalue weighted by Gasteiger charge is -2.38. The molecule has 3 aliphatic rings. The van der Waals surface area contributed by atoms with E-state index in [4.69, 9.17) is 33.6 Å². The van der Waals surface area contributed by atoms with Crippen molar-refractivity contribution in [2.24, 2.45) is 0 Å². The van der Waals surface area contributed by atoms with Crippen LogP contribution in [0.4, 0.5) is 19.0 Å². The highest BCUT2D eigenvalue weighted by Crippen LogP contribution is 2.43. The number of fused-ring (bicyclic) bond motifs is 3. The summed E-state index contributed by atoms with van der Waals surface area (Å²) in [7, 11) is -0.534. The number of nitrogens with zero attached hydrogens (tertiary/aromatic N) is 5. The van der Waals surface area contributed by atoms with Crippen LogP contribution in [0.3, 0.4) is 0 Å². The van der Waals surface area contributed by atoms with Crippen LogP contribution >= 0.6 is 0 Å². The molecule has 286 valence electrons. The Balaban J connectivity index is 1.35. The summed E-state index contributed by atoms with van der Waals surface area (Å²) in [6.45, 7) is 15.6. The van der Waals surface area contributed by atoms with Gasteiger partial charge in [0.15, 0.2) is 20.9 Å². The molecule has 0 spiro atoms. The van der Waals surface area contributed by atoms with Gasteiger partial charge in [0.25, 0.3) is 0 Å². The van der Waals surface area contributed by atoms with Crippen molar-refractivity contribution in [3.63, 3.8) is 0 Å². The summed E-state index contributed by atoms with van der Waals surface area (Å²) in [5, 5.41) is 1.73. The molecule has 0 radical (unpaired) electrons. The molecule has 3 aliphatic heterocycles. The summed E-state index contributed by atoms with van der Waals surface area (Å²) in [5.74, 6) is -0.0918. The average molecular weight is 752 g/mol. The number of ether oxygens (including phenoxy) is 3. The normalized spacial score (nSPS) is 22.3. The molecule has 0 bridgehead atoms. The third-order valence-corrected chi connectivity index (χ3v) is 16.6. The molecular weight excluding hydrogens is 700 g/mol. The fraction of sp³-hybridized carbons (Fsp3) is 0.575. The Hall–Kier alpha value is -3.52. The van der Waals surface area contributed by atoms with Crippen LogP contribution < -0.4 is 14.4 Å². The van der Waals surface area contributed by atoms with Gasteiger partial charge in [0, 0.05) is 38.4 Å². The van der Waals surface area contributed by atoms with Crippen molar-refractivity contribution in [3.8, 4) is 23.0 Å². The van der Waals surface area contributed by atoms with Gasteiger partial charge in [-0.1, -0.05) is 33.8 Å². The molecule has 0 amide bonds. The number of hydrogen-bond donors (Lipinski definition) is 0. The maximum Gasteiger partial charge on any atom is 0.319 e. The zero-order valence-electron chi connectivity index (χ0n) is 32.0. The first-order chi connectivity index (χ1) is 25.2. The van der Waals surface area contributed by atoms with Crippen LogP contribution in [0.1, 0.15) is 65.4 Å². The van der Waals surface area contributed by atoms with Crippen LogP contribution in [0.2, 0.25) is 18.1 Å². The molecule has 0 aliphatic carbocycles. The average Bonchev–Trinajstić information content (AvgIpc) is 3.82. The van der Waals surface area contributed by atoms with Crippen molar-refractivity contribution < 1.29 is 31.8 Å². The van der Waals surface area contributed by atoms with Crippen LogP contribution in [0.25, 0.3) is 32.9 Å². The van der Waals surface area contributed by atoms with E-state index in [9.17, 15) is 4.39 Å². The molecule has 2 aromatic carbocycles. The minimum absolute atomic E-state index is 0.0112. The number of aryl methyl sites for hydroxylation is 1. The Bertz CT molecular complexity index is 1990. The Morgan fingerprint density at radius 2 is 1.87 bits per heavy atom. The van der Waals surface area contributed by atoms with Crippen LogP contribution in [0, 0.1) is 11.6 Å². The van der Waals surface area contributed by atoms with Gasteiger partial charge in [-0.3, -0.25) is 9.88 Å². The minimum atomic E-state index is -2.05. The zero-order chi connectivity index (χ0) is 37.7. The molecule has 3 atom stereocenters. The highest BCUT2D eigenvalue weighted by atomic mass is 28.4. The fourth-order valence-corrected chi connectivity index (χ4v) is 9.22. The topological polar surface area (TPSA) is 82.1 Å². The standard InChI is InChI=1S/C40H52F3N5O4Si/c1-8-29-32(42)13-12-25-17-28(51-24-49-5)18-30(33(25)29)35-34(43)36-31(20-44-35)37(48-16-9-11-27(48)22-52-53(6,7)39(2,3)4)46-38(45-36)50-23-40-14-10-15-47(40)21-26(41)19-40/h12-13,17-18,20,26-27H,8-11,14-16,19,21-24H2,1-7H3/t26-,27+,40+/m1/s1. The first-order valence-corrected chi connectivity index (χ1v) is 21.8. The first kappa shape index (κ1) is 37.8. The van der Waals surface area contributed by atoms with Gasteiger partial charge in [0.2, 0.25) is 0 Å². The number of alkyl halides is 1. The van der Waals surface area contributed by atoms with Crippen molar-refractivity contribution >= 4 is 35.8 Å². The molecule has 13 heteroatoms. The van der Waals surface area contributed by atoms with E-state index in [0.717, 1.165) is 32.2 Å². The maximum atomic E-state index is 17.3. The number of anilines is 1. The summed E-state index contributed by atoms with van der Waals surface area (Å²) in [6, 6.07) is 6.58. The van der Waals surface area contributed by atoms with Gasteiger partial charge < -0.3 is 23.5 Å². The fourth-order valence-electron chi connectivity index (χ4n) is 8.18. The highest BCUT2D eigenvalue weighted by Gasteiger charge is 2.49. The predicted octanol–water partition coefficient (Wildman–Crippen LogP) is 8.61. The third kappa shape index (κ3) is 7.10. The molecule has 5 heterocycles. The van der Waals surface area contributed by atoms with Gasteiger partial charge in [-0.15, -0.1) is 0 Å². The van der Waals surface area contributed by atoms with E-state index in [1.165, 1.54) is 13.2 Å². The zero-order valence-corrected chi connectivity index (χ0v) is 33.0. The lowest BCUT2D eigenvalue weighted by atomic mass is 9.94. The maximum absolute atomic E-state index is 17.3. The van der Waals surface area contributed by atoms with E-state index in [0.29, 0.717) is 71.4 Å². The lowest BCUT2D eigenvalue weighted by molar-refractivity contribution is 0.0512. The Morgan fingerprint density at radius 3 is 2.62 bits per heavy atom. The second-order valence-electron chi connectivity index (χ2n) is 16.4. The molecule has 3 saturated heterocycles. The number of hydrogen-bond acceptors (Lipinski definition) is 9. The van der Waals surface area contributed by atoms with E-state index >= 15 is 8.78 Å². The van der Waals surface area contributed by atoms with Crippen LogP contribution in [0.15, 0.2) is 30.5 Å². The lowest BCUT2D eigenvalue weighted by Crippen LogP contribution is -2.45. The monoisotopic (exact) mass is 751 g/mol. The SMILES string of the molecule is CCc1c(F)ccc2cc(OCOC)cc(-c3ncc4c(N5CCC[C@H]5CO[Si](C)(C)C(C)(C)C)nc(OC[C@@]56CCCN5C[C@H](F)C6)nc4c3F)c12. The quantitative estimate of drug-likeness (QED) is 0.104. The van der Waals surface area contributed by atoms with Gasteiger partial charge in [0.05, 0.1) is 23.6 Å². The molecule has 7 rings (SSSR count). The van der Waals surface area contributed by atoms with E-state index in [-0.39, 0.29) is 47.5 Å². The van der Waals surface area contributed by atoms with E-state index in [1.54, 1.807) is 24.4 Å². The van der Waals surface area contributed by atoms with E-state index in [2.05, 4.69) is 43.7 Å². The molecular formula is C40H52F3N5O4Si. The third-order valence-electron chi connectivity index (χ3n) is 12.1. The van der Waals surface area contributed by atoms with Gasteiger partial charge in [-0.25, -0.2) is 13.2 Å². The minimum Gasteiger partial charge on any atom is -0.468 e.